The number of benzene rings is 1. The summed E-state index contributed by atoms with van der Waals surface area (Å²) in [6.07, 6.45) is 12.1. The van der Waals surface area contributed by atoms with Gasteiger partial charge in [0.2, 0.25) is 11.9 Å². The lowest BCUT2D eigenvalue weighted by atomic mass is 9.66. The number of rotatable bonds is 8. The van der Waals surface area contributed by atoms with Gasteiger partial charge >= 0.3 is 0 Å². The predicted octanol–water partition coefficient (Wildman–Crippen LogP) is 7.19. The van der Waals surface area contributed by atoms with Crippen LogP contribution in [0.15, 0.2) is 41.0 Å². The van der Waals surface area contributed by atoms with Crippen molar-refractivity contribution in [1.82, 2.24) is 20.5 Å². The number of nitrogens with one attached hydrogen (secondary N) is 3. The number of H-pyrrole nitrogens is 1. The van der Waals surface area contributed by atoms with Gasteiger partial charge in [-0.25, -0.2) is 4.98 Å². The number of furan rings is 1. The van der Waals surface area contributed by atoms with Crippen molar-refractivity contribution in [1.29, 1.82) is 0 Å². The molecule has 2 saturated carbocycles. The van der Waals surface area contributed by atoms with Gasteiger partial charge in [0, 0.05) is 22.2 Å². The third-order valence-electron chi connectivity index (χ3n) is 9.64. The number of halogens is 1. The van der Waals surface area contributed by atoms with Gasteiger partial charge in [0.25, 0.3) is 5.91 Å². The summed E-state index contributed by atoms with van der Waals surface area (Å²) in [5.74, 6) is -0.986. The Labute approximate surface area is 256 Å². The van der Waals surface area contributed by atoms with Crippen LogP contribution < -0.4 is 10.6 Å². The minimum atomic E-state index is -0.862. The zero-order chi connectivity index (χ0) is 30.8. The minimum Gasteiger partial charge on any atom is -0.508 e. The third-order valence-corrected chi connectivity index (χ3v) is 9.64. The number of carbonyl (C=O) groups is 2. The van der Waals surface area contributed by atoms with Crippen LogP contribution in [0.25, 0.3) is 22.1 Å². The molecule has 4 aromatic rings. The second kappa shape index (κ2) is 12.8. The van der Waals surface area contributed by atoms with E-state index >= 15 is 4.39 Å². The van der Waals surface area contributed by atoms with Gasteiger partial charge in [-0.15, -0.1) is 0 Å². The topological polar surface area (TPSA) is 133 Å². The van der Waals surface area contributed by atoms with Crippen LogP contribution in [0.1, 0.15) is 86.0 Å². The van der Waals surface area contributed by atoms with Gasteiger partial charge in [-0.1, -0.05) is 64.2 Å². The molecule has 3 aromatic heterocycles. The summed E-state index contributed by atoms with van der Waals surface area (Å²) in [5.41, 5.74) is 3.04. The van der Waals surface area contributed by atoms with Crippen molar-refractivity contribution >= 4 is 28.6 Å². The molecule has 9 nitrogen and oxygen atoms in total. The van der Waals surface area contributed by atoms with Crippen LogP contribution in [-0.2, 0) is 4.79 Å². The van der Waals surface area contributed by atoms with Crippen molar-refractivity contribution in [3.05, 3.63) is 59.5 Å². The van der Waals surface area contributed by atoms with E-state index in [1.165, 1.54) is 31.2 Å². The number of aryl methyl sites for hydroxylation is 2. The minimum absolute atomic E-state index is 0.0156. The SMILES string of the molecule is Cc1n[nH]c(C)c1-c1ccc(NC(=O)[C@@H](NC(=O)c2coc3ccc(O)cc23)C(C2CCCCC2)C2CCCCC2)nc1F. The van der Waals surface area contributed by atoms with E-state index in [2.05, 4.69) is 25.8 Å². The van der Waals surface area contributed by atoms with Gasteiger partial charge < -0.3 is 20.2 Å². The fraction of sp³-hybridized carbons (Fsp3) is 0.471. The van der Waals surface area contributed by atoms with Gasteiger partial charge in [0.05, 0.1) is 11.3 Å². The van der Waals surface area contributed by atoms with Crippen LogP contribution in [0.4, 0.5) is 10.2 Å². The molecule has 2 amide bonds. The summed E-state index contributed by atoms with van der Waals surface area (Å²) in [6, 6.07) is 6.91. The van der Waals surface area contributed by atoms with Crippen molar-refractivity contribution < 1.29 is 23.5 Å². The first-order valence-corrected chi connectivity index (χ1v) is 15.8. The number of aromatic hydroxyl groups is 1. The molecule has 0 unspecified atom stereocenters. The molecule has 0 aliphatic heterocycles. The van der Waals surface area contributed by atoms with Gasteiger partial charge in [-0.05, 0) is 61.9 Å². The van der Waals surface area contributed by atoms with E-state index < -0.39 is 23.8 Å². The second-order valence-electron chi connectivity index (χ2n) is 12.5. The second-order valence-corrected chi connectivity index (χ2v) is 12.5. The van der Waals surface area contributed by atoms with Crippen molar-refractivity contribution in [2.45, 2.75) is 84.1 Å². The number of aromatic amines is 1. The monoisotopic (exact) mass is 601 g/mol. The van der Waals surface area contributed by atoms with Gasteiger partial charge in [-0.2, -0.15) is 9.49 Å². The van der Waals surface area contributed by atoms with E-state index in [1.807, 2.05) is 6.92 Å². The van der Waals surface area contributed by atoms with Crippen molar-refractivity contribution in [2.24, 2.45) is 17.8 Å². The number of anilines is 1. The first-order chi connectivity index (χ1) is 21.3. The Balaban J connectivity index is 1.33. The molecule has 0 bridgehead atoms. The number of fused-ring (bicyclic) bond motifs is 1. The first-order valence-electron chi connectivity index (χ1n) is 15.8. The van der Waals surface area contributed by atoms with Crippen LogP contribution in [0.3, 0.4) is 0 Å². The number of nitrogens with zero attached hydrogens (tertiary/aromatic N) is 2. The number of aromatic nitrogens is 3. The zero-order valence-corrected chi connectivity index (χ0v) is 25.3. The van der Waals surface area contributed by atoms with Crippen LogP contribution in [0, 0.1) is 37.5 Å². The molecule has 1 aromatic carbocycles. The molecule has 44 heavy (non-hydrogen) atoms. The Morgan fingerprint density at radius 2 is 1.68 bits per heavy atom. The summed E-state index contributed by atoms with van der Waals surface area (Å²) < 4.78 is 20.9. The summed E-state index contributed by atoms with van der Waals surface area (Å²) in [6.45, 7) is 3.61. The van der Waals surface area contributed by atoms with Gasteiger partial charge in [-0.3, -0.25) is 14.7 Å². The standard InChI is InChI=1S/C34H40FN5O4/c1-19-29(20(2)40-39-19)24-14-16-28(36-32(24)35)37-34(43)31(30(21-9-5-3-6-10-21)22-11-7-4-8-12-22)38-33(42)26-18-44-27-15-13-23(41)17-25(26)27/h13-18,21-22,30-31,41H,3-12H2,1-2H3,(H,38,42)(H,39,40)(H,36,37,43)/t31-/m0/s1. The largest absolute Gasteiger partial charge is 0.508 e. The van der Waals surface area contributed by atoms with Gasteiger partial charge in [0.1, 0.15) is 29.5 Å². The molecule has 1 atom stereocenters. The Bertz CT molecular complexity index is 1610. The quantitative estimate of drug-likeness (QED) is 0.158. The number of phenolic OH excluding ortho intramolecular Hbond substituents is 1. The molecular weight excluding hydrogens is 561 g/mol. The van der Waals surface area contributed by atoms with E-state index in [4.69, 9.17) is 4.42 Å². The van der Waals surface area contributed by atoms with Crippen LogP contribution in [-0.4, -0.2) is 38.1 Å². The van der Waals surface area contributed by atoms with Crippen molar-refractivity contribution in [2.75, 3.05) is 5.32 Å². The lowest BCUT2D eigenvalue weighted by molar-refractivity contribution is -0.121. The van der Waals surface area contributed by atoms with Crippen LogP contribution >= 0.6 is 0 Å². The van der Waals surface area contributed by atoms with Gasteiger partial charge in [0.15, 0.2) is 0 Å². The smallest absolute Gasteiger partial charge is 0.255 e. The number of carbonyl (C=O) groups excluding carboxylic acids is 2. The highest BCUT2D eigenvalue weighted by atomic mass is 19.1. The average molecular weight is 602 g/mol. The lowest BCUT2D eigenvalue weighted by Crippen LogP contribution is -2.53. The first kappa shape index (κ1) is 29.8. The molecule has 0 spiro atoms. The highest BCUT2D eigenvalue weighted by Gasteiger charge is 2.41. The van der Waals surface area contributed by atoms with E-state index in [0.717, 1.165) is 57.1 Å². The predicted molar refractivity (Wildman–Crippen MR) is 166 cm³/mol. The van der Waals surface area contributed by atoms with Crippen LogP contribution in [0.5, 0.6) is 5.75 Å². The Morgan fingerprint density at radius 3 is 2.30 bits per heavy atom. The average Bonchev–Trinajstić information content (AvgIpc) is 3.60. The Kier molecular flexibility index (Phi) is 8.68. The maximum absolute atomic E-state index is 15.3. The molecule has 0 radical (unpaired) electrons. The van der Waals surface area contributed by atoms with Crippen LogP contribution in [0.2, 0.25) is 0 Å². The van der Waals surface area contributed by atoms with Crippen molar-refractivity contribution in [3.63, 3.8) is 0 Å². The fourth-order valence-electron chi connectivity index (χ4n) is 7.56. The Hall–Kier alpha value is -4.21. The van der Waals surface area contributed by atoms with E-state index in [0.29, 0.717) is 27.8 Å². The maximum Gasteiger partial charge on any atom is 0.255 e. The Morgan fingerprint density at radius 1 is 1.00 bits per heavy atom. The highest BCUT2D eigenvalue weighted by molar-refractivity contribution is 6.08. The number of phenols is 1. The van der Waals surface area contributed by atoms with E-state index in [9.17, 15) is 14.7 Å². The molecule has 10 heteroatoms. The normalized spacial score (nSPS) is 17.2. The summed E-state index contributed by atoms with van der Waals surface area (Å²) in [4.78, 5) is 32.2. The number of hydrogen-bond acceptors (Lipinski definition) is 6. The molecule has 4 N–H and O–H groups in total. The fourth-order valence-corrected chi connectivity index (χ4v) is 7.56. The summed E-state index contributed by atoms with van der Waals surface area (Å²) >= 11 is 0. The molecule has 6 rings (SSSR count). The molecule has 3 heterocycles. The number of pyridine rings is 1. The molecular formula is C34H40FN5O4. The zero-order valence-electron chi connectivity index (χ0n) is 25.3. The lowest BCUT2D eigenvalue weighted by Gasteiger charge is -2.41. The maximum atomic E-state index is 15.3. The third kappa shape index (κ3) is 6.07. The molecule has 2 aliphatic rings. The van der Waals surface area contributed by atoms with E-state index in [1.54, 1.807) is 25.1 Å². The molecule has 232 valence electrons. The number of amides is 2. The van der Waals surface area contributed by atoms with E-state index in [-0.39, 0.29) is 34.9 Å². The molecule has 2 fully saturated rings. The highest BCUT2D eigenvalue weighted by Crippen LogP contribution is 2.42. The summed E-state index contributed by atoms with van der Waals surface area (Å²) in [5, 5.41) is 23.5. The number of hydrogen-bond donors (Lipinski definition) is 4. The molecule has 0 saturated heterocycles. The summed E-state index contributed by atoms with van der Waals surface area (Å²) in [7, 11) is 0. The van der Waals surface area contributed by atoms with Crippen molar-refractivity contribution in [3.8, 4) is 16.9 Å². The molecule has 2 aliphatic carbocycles.